The molecule has 0 saturated heterocycles. The molecule has 0 aromatic heterocycles. The Kier molecular flexibility index (Phi) is 6.32. The van der Waals surface area contributed by atoms with Crippen molar-refractivity contribution in [3.63, 3.8) is 0 Å². The van der Waals surface area contributed by atoms with Crippen molar-refractivity contribution in [1.29, 1.82) is 0 Å². The predicted molar refractivity (Wildman–Crippen MR) is 79.5 cm³/mol. The SMILES string of the molecule is O=C(Nc1cc(I)ccc1Cl)N[C@H](CCO)C(=O)O. The number of hydrogen-bond donors (Lipinski definition) is 4. The van der Waals surface area contributed by atoms with Crippen molar-refractivity contribution < 1.29 is 19.8 Å². The van der Waals surface area contributed by atoms with Crippen LogP contribution in [0.4, 0.5) is 10.5 Å². The molecule has 0 aliphatic carbocycles. The number of halogens is 2. The van der Waals surface area contributed by atoms with Crippen LogP contribution in [0.25, 0.3) is 0 Å². The molecule has 0 saturated carbocycles. The monoisotopic (exact) mass is 398 g/mol. The molecule has 2 amide bonds. The lowest BCUT2D eigenvalue weighted by molar-refractivity contribution is -0.139. The highest BCUT2D eigenvalue weighted by atomic mass is 127. The van der Waals surface area contributed by atoms with Crippen molar-refractivity contribution in [2.45, 2.75) is 12.5 Å². The van der Waals surface area contributed by atoms with Crippen molar-refractivity contribution >= 4 is 51.9 Å². The molecule has 104 valence electrons. The van der Waals surface area contributed by atoms with Gasteiger partial charge >= 0.3 is 12.0 Å². The Morgan fingerprint density at radius 1 is 1.42 bits per heavy atom. The maximum atomic E-state index is 11.6. The highest BCUT2D eigenvalue weighted by Gasteiger charge is 2.19. The standard InChI is InChI=1S/C11H12ClIN2O4/c12-7-2-1-6(13)5-9(7)15-11(19)14-8(3-4-16)10(17)18/h1-2,5,8,16H,3-4H2,(H,17,18)(H2,14,15,19)/t8-/m1/s1. The van der Waals surface area contributed by atoms with Gasteiger partial charge < -0.3 is 20.8 Å². The summed E-state index contributed by atoms with van der Waals surface area (Å²) in [5.41, 5.74) is 0.388. The van der Waals surface area contributed by atoms with Crippen LogP contribution in [0.2, 0.25) is 5.02 Å². The van der Waals surface area contributed by atoms with Crippen molar-refractivity contribution in [3.05, 3.63) is 26.8 Å². The lowest BCUT2D eigenvalue weighted by Gasteiger charge is -2.14. The van der Waals surface area contributed by atoms with Gasteiger partial charge in [-0.15, -0.1) is 0 Å². The van der Waals surface area contributed by atoms with Gasteiger partial charge in [0.2, 0.25) is 0 Å². The van der Waals surface area contributed by atoms with Crippen LogP contribution in [0.15, 0.2) is 18.2 Å². The fourth-order valence-electron chi connectivity index (χ4n) is 1.30. The molecule has 0 aliphatic heterocycles. The molecular formula is C11H12ClIN2O4. The van der Waals surface area contributed by atoms with Gasteiger partial charge in [-0.2, -0.15) is 0 Å². The number of aliphatic carboxylic acids is 1. The first-order chi connectivity index (χ1) is 8.93. The highest BCUT2D eigenvalue weighted by Crippen LogP contribution is 2.23. The van der Waals surface area contributed by atoms with Crippen molar-refractivity contribution in [2.75, 3.05) is 11.9 Å². The minimum absolute atomic E-state index is 0.0667. The Morgan fingerprint density at radius 2 is 2.11 bits per heavy atom. The number of anilines is 1. The predicted octanol–water partition coefficient (Wildman–Crippen LogP) is 1.90. The first-order valence-electron chi connectivity index (χ1n) is 5.30. The highest BCUT2D eigenvalue weighted by molar-refractivity contribution is 14.1. The number of aliphatic hydroxyl groups is 1. The quantitative estimate of drug-likeness (QED) is 0.569. The number of nitrogens with one attached hydrogen (secondary N) is 2. The van der Waals surface area contributed by atoms with E-state index in [4.69, 9.17) is 21.8 Å². The number of carboxylic acid groups (broad SMARTS) is 1. The summed E-state index contributed by atoms with van der Waals surface area (Å²) in [6.07, 6.45) is -0.0667. The molecule has 0 bridgehead atoms. The van der Waals surface area contributed by atoms with Gasteiger partial charge in [-0.1, -0.05) is 11.6 Å². The van der Waals surface area contributed by atoms with E-state index in [0.29, 0.717) is 10.7 Å². The smallest absolute Gasteiger partial charge is 0.326 e. The van der Waals surface area contributed by atoms with Crippen LogP contribution in [-0.4, -0.2) is 34.9 Å². The van der Waals surface area contributed by atoms with Gasteiger partial charge in [0.1, 0.15) is 6.04 Å². The van der Waals surface area contributed by atoms with Crippen LogP contribution in [-0.2, 0) is 4.79 Å². The van der Waals surface area contributed by atoms with E-state index in [1.807, 2.05) is 0 Å². The Hall–Kier alpha value is -1.06. The molecule has 0 aliphatic rings. The van der Waals surface area contributed by atoms with E-state index < -0.39 is 18.0 Å². The van der Waals surface area contributed by atoms with E-state index >= 15 is 0 Å². The number of rotatable bonds is 5. The maximum absolute atomic E-state index is 11.6. The summed E-state index contributed by atoms with van der Waals surface area (Å²) < 4.78 is 0.877. The molecule has 6 nitrogen and oxygen atoms in total. The van der Waals surface area contributed by atoms with Crippen LogP contribution >= 0.6 is 34.2 Å². The summed E-state index contributed by atoms with van der Waals surface area (Å²) in [5.74, 6) is -1.21. The third kappa shape index (κ3) is 5.21. The zero-order valence-electron chi connectivity index (χ0n) is 9.69. The van der Waals surface area contributed by atoms with E-state index in [0.717, 1.165) is 3.57 Å². The van der Waals surface area contributed by atoms with Crippen molar-refractivity contribution in [3.8, 4) is 0 Å². The minimum Gasteiger partial charge on any atom is -0.480 e. The Morgan fingerprint density at radius 3 is 2.68 bits per heavy atom. The second kappa shape index (κ2) is 7.51. The number of carbonyl (C=O) groups is 2. The molecule has 4 N–H and O–H groups in total. The van der Waals surface area contributed by atoms with Crippen LogP contribution < -0.4 is 10.6 Å². The fourth-order valence-corrected chi connectivity index (χ4v) is 1.95. The van der Waals surface area contributed by atoms with Crippen molar-refractivity contribution in [1.82, 2.24) is 5.32 Å². The molecular weight excluding hydrogens is 386 g/mol. The van der Waals surface area contributed by atoms with Gasteiger partial charge in [-0.05, 0) is 40.8 Å². The molecule has 1 aromatic carbocycles. The summed E-state index contributed by atoms with van der Waals surface area (Å²) in [7, 11) is 0. The molecule has 1 rings (SSSR count). The van der Waals surface area contributed by atoms with Gasteiger partial charge in [-0.25, -0.2) is 9.59 Å². The third-order valence-corrected chi connectivity index (χ3v) is 3.20. The van der Waals surface area contributed by atoms with Gasteiger partial charge in [0.25, 0.3) is 0 Å². The van der Waals surface area contributed by atoms with Crippen LogP contribution in [0.5, 0.6) is 0 Å². The van der Waals surface area contributed by atoms with Gasteiger partial charge in [0.05, 0.1) is 10.7 Å². The Labute approximate surface area is 128 Å². The molecule has 0 spiro atoms. The van der Waals surface area contributed by atoms with E-state index in [9.17, 15) is 9.59 Å². The number of urea groups is 1. The third-order valence-electron chi connectivity index (χ3n) is 2.20. The van der Waals surface area contributed by atoms with Gasteiger partial charge in [0.15, 0.2) is 0 Å². The van der Waals surface area contributed by atoms with Crippen LogP contribution in [0, 0.1) is 3.57 Å². The number of carbonyl (C=O) groups excluding carboxylic acids is 1. The maximum Gasteiger partial charge on any atom is 0.326 e. The van der Waals surface area contributed by atoms with E-state index in [1.165, 1.54) is 0 Å². The van der Waals surface area contributed by atoms with E-state index in [1.54, 1.807) is 18.2 Å². The molecule has 0 radical (unpaired) electrons. The summed E-state index contributed by atoms with van der Waals surface area (Å²) in [6.45, 7) is -0.332. The number of amides is 2. The van der Waals surface area contributed by atoms with Gasteiger partial charge in [-0.3, -0.25) is 0 Å². The average molecular weight is 399 g/mol. The lowest BCUT2D eigenvalue weighted by atomic mass is 10.2. The van der Waals surface area contributed by atoms with Gasteiger partial charge in [0, 0.05) is 16.6 Å². The largest absolute Gasteiger partial charge is 0.480 e. The second-order valence-electron chi connectivity index (χ2n) is 3.63. The average Bonchev–Trinajstić information content (AvgIpc) is 2.33. The number of aliphatic hydroxyl groups excluding tert-OH is 1. The molecule has 0 fully saturated rings. The normalized spacial score (nSPS) is 11.7. The Bertz CT molecular complexity index is 484. The molecule has 0 heterocycles. The molecule has 1 aromatic rings. The van der Waals surface area contributed by atoms with E-state index in [2.05, 4.69) is 33.2 Å². The van der Waals surface area contributed by atoms with Crippen LogP contribution in [0.1, 0.15) is 6.42 Å². The molecule has 0 unspecified atom stereocenters. The summed E-state index contributed by atoms with van der Waals surface area (Å²) in [4.78, 5) is 22.5. The molecule has 8 heteroatoms. The minimum atomic E-state index is -1.21. The Balaban J connectivity index is 2.68. The van der Waals surface area contributed by atoms with Crippen molar-refractivity contribution in [2.24, 2.45) is 0 Å². The summed E-state index contributed by atoms with van der Waals surface area (Å²) in [5, 5.41) is 22.6. The second-order valence-corrected chi connectivity index (χ2v) is 5.28. The topological polar surface area (TPSA) is 98.7 Å². The lowest BCUT2D eigenvalue weighted by Crippen LogP contribution is -2.43. The number of carboxylic acids is 1. The van der Waals surface area contributed by atoms with E-state index in [-0.39, 0.29) is 13.0 Å². The number of benzene rings is 1. The number of hydrogen-bond acceptors (Lipinski definition) is 3. The summed E-state index contributed by atoms with van der Waals surface area (Å²) in [6, 6.07) is 3.22. The summed E-state index contributed by atoms with van der Waals surface area (Å²) >= 11 is 7.96. The molecule has 1 atom stereocenters. The zero-order valence-corrected chi connectivity index (χ0v) is 12.6. The fraction of sp³-hybridized carbons (Fsp3) is 0.273. The molecule has 19 heavy (non-hydrogen) atoms. The van der Waals surface area contributed by atoms with Crippen LogP contribution in [0.3, 0.4) is 0 Å². The first-order valence-corrected chi connectivity index (χ1v) is 6.76. The zero-order chi connectivity index (χ0) is 14.4. The first kappa shape index (κ1) is 16.0.